The molecule has 1 aromatic rings. The van der Waals surface area contributed by atoms with E-state index in [1.54, 1.807) is 18.2 Å². The van der Waals surface area contributed by atoms with E-state index in [2.05, 4.69) is 6.58 Å². The first-order valence-corrected chi connectivity index (χ1v) is 5.04. The number of primary amides is 1. The van der Waals surface area contributed by atoms with Crippen molar-refractivity contribution in [2.45, 2.75) is 6.92 Å². The normalized spacial score (nSPS) is 11.7. The molecule has 0 saturated heterocycles. The van der Waals surface area contributed by atoms with Crippen LogP contribution in [-0.4, -0.2) is 5.91 Å². The number of carbonyl (C=O) groups excluding carboxylic acids is 1. The van der Waals surface area contributed by atoms with Crippen LogP contribution in [0.15, 0.2) is 55.1 Å². The first-order chi connectivity index (χ1) is 7.69. The molecule has 0 saturated carbocycles. The fourth-order valence-electron chi connectivity index (χ4n) is 1.41. The molecule has 0 aliphatic carbocycles. The minimum Gasteiger partial charge on any atom is -0.366 e. The predicted octanol–water partition coefficient (Wildman–Crippen LogP) is 2.93. The highest BCUT2D eigenvalue weighted by atomic mass is 16.1. The van der Waals surface area contributed by atoms with Gasteiger partial charge in [-0.2, -0.15) is 0 Å². The van der Waals surface area contributed by atoms with Crippen LogP contribution in [0.2, 0.25) is 0 Å². The van der Waals surface area contributed by atoms with Gasteiger partial charge in [-0.15, -0.1) is 0 Å². The molecule has 1 amide bonds. The van der Waals surface area contributed by atoms with E-state index < -0.39 is 5.91 Å². The smallest absolute Gasteiger partial charge is 0.248 e. The number of nitrogens with two attached hydrogens (primary N) is 1. The molecule has 0 aliphatic rings. The molecule has 0 atom stereocenters. The van der Waals surface area contributed by atoms with Crippen LogP contribution in [0.1, 0.15) is 22.8 Å². The Morgan fingerprint density at radius 2 is 2.06 bits per heavy atom. The fraction of sp³-hybridized carbons (Fsp3) is 0.0714. The Morgan fingerprint density at radius 3 is 2.62 bits per heavy atom. The summed E-state index contributed by atoms with van der Waals surface area (Å²) in [6.07, 6.45) is 7.50. The second-order valence-electron chi connectivity index (χ2n) is 3.30. The van der Waals surface area contributed by atoms with Crippen molar-refractivity contribution in [1.82, 2.24) is 0 Å². The Kier molecular flexibility index (Phi) is 4.28. The third-order valence-corrected chi connectivity index (χ3v) is 2.12. The second kappa shape index (κ2) is 5.71. The molecule has 1 aromatic carbocycles. The lowest BCUT2D eigenvalue weighted by molar-refractivity contribution is 0.100. The van der Waals surface area contributed by atoms with Gasteiger partial charge in [-0.1, -0.05) is 43.0 Å². The number of benzene rings is 1. The zero-order valence-electron chi connectivity index (χ0n) is 9.31. The van der Waals surface area contributed by atoms with Gasteiger partial charge >= 0.3 is 0 Å². The quantitative estimate of drug-likeness (QED) is 0.768. The molecule has 0 spiro atoms. The predicted molar refractivity (Wildman–Crippen MR) is 67.9 cm³/mol. The monoisotopic (exact) mass is 213 g/mol. The van der Waals surface area contributed by atoms with Crippen molar-refractivity contribution in [2.75, 3.05) is 0 Å². The molecular formula is C14H15NO. The lowest BCUT2D eigenvalue weighted by atomic mass is 10.0. The molecular weight excluding hydrogens is 198 g/mol. The highest BCUT2D eigenvalue weighted by Crippen LogP contribution is 2.17. The summed E-state index contributed by atoms with van der Waals surface area (Å²) in [7, 11) is 0. The van der Waals surface area contributed by atoms with Crippen molar-refractivity contribution in [2.24, 2.45) is 5.73 Å². The fourth-order valence-corrected chi connectivity index (χ4v) is 1.41. The summed E-state index contributed by atoms with van der Waals surface area (Å²) in [5, 5.41) is 0. The summed E-state index contributed by atoms with van der Waals surface area (Å²) in [6.45, 7) is 5.60. The second-order valence-corrected chi connectivity index (χ2v) is 3.30. The SMILES string of the molecule is C=C/C=C(\C=C/C)c1cccc(C(N)=O)c1. The summed E-state index contributed by atoms with van der Waals surface area (Å²) in [4.78, 5) is 11.1. The van der Waals surface area contributed by atoms with Crippen LogP contribution < -0.4 is 5.73 Å². The summed E-state index contributed by atoms with van der Waals surface area (Å²) in [5.74, 6) is -0.416. The minimum atomic E-state index is -0.416. The van der Waals surface area contributed by atoms with Crippen LogP contribution in [0.3, 0.4) is 0 Å². The van der Waals surface area contributed by atoms with Crippen molar-refractivity contribution >= 4 is 11.5 Å². The van der Waals surface area contributed by atoms with Gasteiger partial charge in [0.1, 0.15) is 0 Å². The Morgan fingerprint density at radius 1 is 1.38 bits per heavy atom. The van der Waals surface area contributed by atoms with Gasteiger partial charge in [0.15, 0.2) is 0 Å². The van der Waals surface area contributed by atoms with E-state index in [9.17, 15) is 4.79 Å². The van der Waals surface area contributed by atoms with Gasteiger partial charge in [-0.3, -0.25) is 4.79 Å². The number of hydrogen-bond acceptors (Lipinski definition) is 1. The highest BCUT2D eigenvalue weighted by molar-refractivity contribution is 5.94. The van der Waals surface area contributed by atoms with Crippen LogP contribution in [0.4, 0.5) is 0 Å². The molecule has 2 nitrogen and oxygen atoms in total. The van der Waals surface area contributed by atoms with Crippen molar-refractivity contribution in [1.29, 1.82) is 0 Å². The Balaban J connectivity index is 3.20. The van der Waals surface area contributed by atoms with Gasteiger partial charge in [-0.25, -0.2) is 0 Å². The Labute approximate surface area is 95.8 Å². The van der Waals surface area contributed by atoms with Crippen molar-refractivity contribution in [3.05, 3.63) is 66.3 Å². The highest BCUT2D eigenvalue weighted by Gasteiger charge is 2.02. The first-order valence-electron chi connectivity index (χ1n) is 5.04. The molecule has 0 unspecified atom stereocenters. The van der Waals surface area contributed by atoms with Gasteiger partial charge < -0.3 is 5.73 Å². The number of amides is 1. The lowest BCUT2D eigenvalue weighted by Crippen LogP contribution is -2.10. The maximum absolute atomic E-state index is 11.1. The van der Waals surface area contributed by atoms with E-state index in [-0.39, 0.29) is 0 Å². The zero-order valence-corrected chi connectivity index (χ0v) is 9.31. The maximum Gasteiger partial charge on any atom is 0.248 e. The van der Waals surface area contributed by atoms with Crippen molar-refractivity contribution in [3.8, 4) is 0 Å². The van der Waals surface area contributed by atoms with Gasteiger partial charge in [0.25, 0.3) is 0 Å². The number of carbonyl (C=O) groups is 1. The van der Waals surface area contributed by atoms with Crippen molar-refractivity contribution in [3.63, 3.8) is 0 Å². The van der Waals surface area contributed by atoms with E-state index in [4.69, 9.17) is 5.73 Å². The largest absolute Gasteiger partial charge is 0.366 e. The van der Waals surface area contributed by atoms with Gasteiger partial charge in [0, 0.05) is 5.56 Å². The summed E-state index contributed by atoms with van der Waals surface area (Å²) >= 11 is 0. The van der Waals surface area contributed by atoms with Crippen LogP contribution in [0, 0.1) is 0 Å². The molecule has 0 bridgehead atoms. The zero-order chi connectivity index (χ0) is 12.0. The van der Waals surface area contributed by atoms with E-state index in [1.807, 2.05) is 37.3 Å². The topological polar surface area (TPSA) is 43.1 Å². The summed E-state index contributed by atoms with van der Waals surface area (Å²) in [5.41, 5.74) is 7.70. The van der Waals surface area contributed by atoms with Crippen LogP contribution in [0.5, 0.6) is 0 Å². The molecule has 0 radical (unpaired) electrons. The summed E-state index contributed by atoms with van der Waals surface area (Å²) in [6, 6.07) is 7.22. The van der Waals surface area contributed by atoms with Gasteiger partial charge in [-0.05, 0) is 30.2 Å². The third-order valence-electron chi connectivity index (χ3n) is 2.12. The standard InChI is InChI=1S/C14H15NO/c1-3-6-11(7-4-2)12-8-5-9-13(10-12)14(15)16/h3-10H,1H2,2H3,(H2,15,16)/b7-4-,11-6+. The van der Waals surface area contributed by atoms with Crippen LogP contribution >= 0.6 is 0 Å². The number of rotatable bonds is 4. The van der Waals surface area contributed by atoms with E-state index in [0.717, 1.165) is 11.1 Å². The van der Waals surface area contributed by atoms with E-state index >= 15 is 0 Å². The van der Waals surface area contributed by atoms with Gasteiger partial charge in [0.2, 0.25) is 5.91 Å². The van der Waals surface area contributed by atoms with E-state index in [1.165, 1.54) is 0 Å². The van der Waals surface area contributed by atoms with E-state index in [0.29, 0.717) is 5.56 Å². The average molecular weight is 213 g/mol. The molecule has 1 rings (SSSR count). The molecule has 0 aliphatic heterocycles. The first kappa shape index (κ1) is 12.0. The summed E-state index contributed by atoms with van der Waals surface area (Å²) < 4.78 is 0. The number of allylic oxidation sites excluding steroid dienone is 5. The van der Waals surface area contributed by atoms with Crippen LogP contribution in [-0.2, 0) is 0 Å². The maximum atomic E-state index is 11.1. The Hall–Kier alpha value is -2.09. The third kappa shape index (κ3) is 2.95. The average Bonchev–Trinajstić information content (AvgIpc) is 2.29. The van der Waals surface area contributed by atoms with Crippen LogP contribution in [0.25, 0.3) is 5.57 Å². The minimum absolute atomic E-state index is 0.416. The Bertz CT molecular complexity index is 456. The lowest BCUT2D eigenvalue weighted by Gasteiger charge is -2.03. The molecule has 2 N–H and O–H groups in total. The van der Waals surface area contributed by atoms with Gasteiger partial charge in [0.05, 0.1) is 0 Å². The molecule has 0 heterocycles. The molecule has 82 valence electrons. The molecule has 16 heavy (non-hydrogen) atoms. The number of hydrogen-bond donors (Lipinski definition) is 1. The van der Waals surface area contributed by atoms with Crippen molar-refractivity contribution < 1.29 is 4.79 Å². The molecule has 2 heteroatoms. The molecule has 0 aromatic heterocycles. The molecule has 0 fully saturated rings.